The number of halogens is 2. The fraction of sp³-hybridized carbons (Fsp3) is 0.231. The summed E-state index contributed by atoms with van der Waals surface area (Å²) in [5.74, 6) is -0.0569. The van der Waals surface area contributed by atoms with Crippen molar-refractivity contribution in [3.8, 4) is 0 Å². The van der Waals surface area contributed by atoms with Crippen molar-refractivity contribution in [2.24, 2.45) is 7.05 Å². The molecule has 0 fully saturated rings. The van der Waals surface area contributed by atoms with Crippen LogP contribution in [0.1, 0.15) is 21.6 Å². The Hall–Kier alpha value is -1.32. The van der Waals surface area contributed by atoms with Crippen molar-refractivity contribution >= 4 is 29.0 Å². The number of hydrogen-bond acceptors (Lipinski definition) is 2. The van der Waals surface area contributed by atoms with Crippen LogP contribution in [0.2, 0.25) is 10.2 Å². The van der Waals surface area contributed by atoms with Gasteiger partial charge in [-0.3, -0.25) is 9.48 Å². The van der Waals surface area contributed by atoms with Gasteiger partial charge in [0.1, 0.15) is 5.15 Å². The summed E-state index contributed by atoms with van der Waals surface area (Å²) in [5.41, 5.74) is 2.03. The quantitative estimate of drug-likeness (QED) is 0.808. The van der Waals surface area contributed by atoms with E-state index in [-0.39, 0.29) is 12.2 Å². The molecule has 0 atom stereocenters. The van der Waals surface area contributed by atoms with Crippen LogP contribution in [0.4, 0.5) is 0 Å². The van der Waals surface area contributed by atoms with Gasteiger partial charge in [-0.05, 0) is 19.1 Å². The molecule has 0 bridgehead atoms. The average Bonchev–Trinajstić information content (AvgIpc) is 2.56. The molecule has 3 nitrogen and oxygen atoms in total. The second kappa shape index (κ2) is 5.12. The van der Waals surface area contributed by atoms with Gasteiger partial charge in [-0.1, -0.05) is 35.3 Å². The summed E-state index contributed by atoms with van der Waals surface area (Å²) < 4.78 is 1.56. The van der Waals surface area contributed by atoms with Crippen molar-refractivity contribution in [1.82, 2.24) is 9.78 Å². The van der Waals surface area contributed by atoms with E-state index in [1.807, 2.05) is 6.92 Å². The summed E-state index contributed by atoms with van der Waals surface area (Å²) in [6.07, 6.45) is 0.211. The smallest absolute Gasteiger partial charge is 0.168 e. The van der Waals surface area contributed by atoms with Crippen LogP contribution in [0, 0.1) is 6.92 Å². The molecule has 0 aliphatic rings. The van der Waals surface area contributed by atoms with Crippen molar-refractivity contribution in [2.75, 3.05) is 0 Å². The molecule has 94 valence electrons. The topological polar surface area (TPSA) is 34.9 Å². The zero-order valence-electron chi connectivity index (χ0n) is 10.1. The lowest BCUT2D eigenvalue weighted by atomic mass is 10.0. The molecule has 0 unspecified atom stereocenters. The van der Waals surface area contributed by atoms with Gasteiger partial charge < -0.3 is 0 Å². The van der Waals surface area contributed by atoms with Crippen LogP contribution in [-0.2, 0) is 13.5 Å². The number of aryl methyl sites for hydroxylation is 2. The number of benzene rings is 1. The highest BCUT2D eigenvalue weighted by Crippen LogP contribution is 2.23. The Balaban J connectivity index is 2.30. The summed E-state index contributed by atoms with van der Waals surface area (Å²) in [6.45, 7) is 1.83. The summed E-state index contributed by atoms with van der Waals surface area (Å²) in [6, 6.07) is 7.00. The molecule has 0 aliphatic heterocycles. The Morgan fingerprint density at radius 2 is 2.00 bits per heavy atom. The van der Waals surface area contributed by atoms with Crippen LogP contribution in [-0.4, -0.2) is 15.6 Å². The van der Waals surface area contributed by atoms with Gasteiger partial charge in [0.05, 0.1) is 10.7 Å². The molecule has 0 aliphatic carbocycles. The minimum atomic E-state index is -0.0569. The average molecular weight is 283 g/mol. The maximum Gasteiger partial charge on any atom is 0.168 e. The van der Waals surface area contributed by atoms with Crippen LogP contribution in [0.15, 0.2) is 24.3 Å². The van der Waals surface area contributed by atoms with Gasteiger partial charge in [-0.2, -0.15) is 5.10 Å². The zero-order chi connectivity index (χ0) is 13.3. The van der Waals surface area contributed by atoms with Gasteiger partial charge in [0, 0.05) is 24.6 Å². The van der Waals surface area contributed by atoms with Crippen molar-refractivity contribution in [3.05, 3.63) is 51.3 Å². The van der Waals surface area contributed by atoms with Crippen molar-refractivity contribution in [3.63, 3.8) is 0 Å². The minimum Gasteiger partial charge on any atom is -0.294 e. The first-order chi connectivity index (χ1) is 8.50. The maximum absolute atomic E-state index is 12.2. The number of carbonyl (C=O) groups excluding carboxylic acids is 1. The lowest BCUT2D eigenvalue weighted by Crippen LogP contribution is -2.05. The van der Waals surface area contributed by atoms with E-state index in [9.17, 15) is 4.79 Å². The van der Waals surface area contributed by atoms with Gasteiger partial charge in [-0.15, -0.1) is 0 Å². The standard InChI is InChI=1S/C13H12Cl2N2O/c1-8-10(13(15)17(2)16-8)7-12(18)9-5-3-4-6-11(9)14/h3-6H,7H2,1-2H3. The number of nitrogens with zero attached hydrogens (tertiary/aromatic N) is 2. The molecular formula is C13H12Cl2N2O. The predicted octanol–water partition coefficient (Wildman–Crippen LogP) is 3.46. The monoisotopic (exact) mass is 282 g/mol. The van der Waals surface area contributed by atoms with E-state index in [0.717, 1.165) is 11.3 Å². The third kappa shape index (κ3) is 2.42. The molecule has 2 rings (SSSR count). The van der Waals surface area contributed by atoms with E-state index in [1.165, 1.54) is 0 Å². The molecule has 0 saturated carbocycles. The summed E-state index contributed by atoms with van der Waals surface area (Å²) in [5, 5.41) is 5.13. The fourth-order valence-electron chi connectivity index (χ4n) is 1.82. The number of hydrogen-bond donors (Lipinski definition) is 0. The summed E-state index contributed by atoms with van der Waals surface area (Å²) >= 11 is 12.1. The number of Topliss-reactive ketones (excluding diaryl/α,β-unsaturated/α-hetero) is 1. The van der Waals surface area contributed by atoms with Crippen molar-refractivity contribution in [2.45, 2.75) is 13.3 Å². The van der Waals surface area contributed by atoms with Crippen LogP contribution >= 0.6 is 23.2 Å². The highest BCUT2D eigenvalue weighted by molar-refractivity contribution is 6.34. The van der Waals surface area contributed by atoms with E-state index < -0.39 is 0 Å². The Morgan fingerprint density at radius 3 is 2.56 bits per heavy atom. The largest absolute Gasteiger partial charge is 0.294 e. The summed E-state index contributed by atoms with van der Waals surface area (Å²) in [7, 11) is 1.75. The second-order valence-electron chi connectivity index (χ2n) is 4.06. The van der Waals surface area contributed by atoms with Gasteiger partial charge in [0.25, 0.3) is 0 Å². The highest BCUT2D eigenvalue weighted by Gasteiger charge is 2.17. The zero-order valence-corrected chi connectivity index (χ0v) is 11.6. The third-order valence-corrected chi connectivity index (χ3v) is 3.58. The lowest BCUT2D eigenvalue weighted by molar-refractivity contribution is 0.0993. The van der Waals surface area contributed by atoms with Gasteiger partial charge in [-0.25, -0.2) is 0 Å². The molecule has 1 heterocycles. The van der Waals surface area contributed by atoms with Crippen LogP contribution in [0.5, 0.6) is 0 Å². The van der Waals surface area contributed by atoms with E-state index >= 15 is 0 Å². The molecule has 1 aromatic heterocycles. The first kappa shape index (κ1) is 13.1. The van der Waals surface area contributed by atoms with Crippen LogP contribution in [0.3, 0.4) is 0 Å². The van der Waals surface area contributed by atoms with Crippen LogP contribution in [0.25, 0.3) is 0 Å². The predicted molar refractivity (Wildman–Crippen MR) is 72.4 cm³/mol. The second-order valence-corrected chi connectivity index (χ2v) is 4.82. The SMILES string of the molecule is Cc1nn(C)c(Cl)c1CC(=O)c1ccccc1Cl. The van der Waals surface area contributed by atoms with Crippen LogP contribution < -0.4 is 0 Å². The molecule has 0 amide bonds. The Labute approximate surface area is 115 Å². The number of aromatic nitrogens is 2. The fourth-order valence-corrected chi connectivity index (χ4v) is 2.30. The molecule has 2 aromatic rings. The number of ketones is 1. The van der Waals surface area contributed by atoms with E-state index in [4.69, 9.17) is 23.2 Å². The number of carbonyl (C=O) groups is 1. The first-order valence-electron chi connectivity index (χ1n) is 5.46. The third-order valence-electron chi connectivity index (χ3n) is 2.78. The molecule has 0 N–H and O–H groups in total. The molecule has 18 heavy (non-hydrogen) atoms. The van der Waals surface area contributed by atoms with Gasteiger partial charge >= 0.3 is 0 Å². The minimum absolute atomic E-state index is 0.0569. The first-order valence-corrected chi connectivity index (χ1v) is 6.22. The normalized spacial score (nSPS) is 10.7. The summed E-state index contributed by atoms with van der Waals surface area (Å²) in [4.78, 5) is 12.2. The number of rotatable bonds is 3. The van der Waals surface area contributed by atoms with Gasteiger partial charge in [0.15, 0.2) is 5.78 Å². The molecular weight excluding hydrogens is 271 g/mol. The molecule has 0 spiro atoms. The lowest BCUT2D eigenvalue weighted by Gasteiger charge is -2.03. The Morgan fingerprint density at radius 1 is 1.33 bits per heavy atom. The Kier molecular flexibility index (Phi) is 3.73. The van der Waals surface area contributed by atoms with E-state index in [0.29, 0.717) is 15.7 Å². The maximum atomic E-state index is 12.2. The molecule has 0 saturated heterocycles. The van der Waals surface area contributed by atoms with E-state index in [2.05, 4.69) is 5.10 Å². The van der Waals surface area contributed by atoms with Gasteiger partial charge in [0.2, 0.25) is 0 Å². The van der Waals surface area contributed by atoms with Crippen molar-refractivity contribution < 1.29 is 4.79 Å². The highest BCUT2D eigenvalue weighted by atomic mass is 35.5. The molecule has 0 radical (unpaired) electrons. The van der Waals surface area contributed by atoms with E-state index in [1.54, 1.807) is 36.0 Å². The Bertz CT molecular complexity index is 605. The molecule has 5 heteroatoms. The van der Waals surface area contributed by atoms with Crippen molar-refractivity contribution in [1.29, 1.82) is 0 Å². The molecule has 1 aromatic carbocycles.